The van der Waals surface area contributed by atoms with Crippen molar-refractivity contribution in [2.45, 2.75) is 50.9 Å². The lowest BCUT2D eigenvalue weighted by atomic mass is 10.1. The first-order chi connectivity index (χ1) is 16.2. The van der Waals surface area contributed by atoms with Crippen LogP contribution in [0.25, 0.3) is 0 Å². The maximum absolute atomic E-state index is 13.5. The molecule has 8 nitrogen and oxygen atoms in total. The average Bonchev–Trinajstić information content (AvgIpc) is 3.21. The minimum Gasteiger partial charge on any atom is -0.435 e. The zero-order chi connectivity index (χ0) is 24.8. The molecule has 0 aliphatic carbocycles. The third-order valence-electron chi connectivity index (χ3n) is 6.64. The number of nitrogens with zero attached hydrogens (tertiary/aromatic N) is 1. The lowest BCUT2D eigenvalue weighted by Crippen LogP contribution is -2.59. The summed E-state index contributed by atoms with van der Waals surface area (Å²) in [6.07, 6.45) is 0.339. The van der Waals surface area contributed by atoms with Crippen LogP contribution < -0.4 is 5.32 Å². The number of imide groups is 1. The highest BCUT2D eigenvalue weighted by molar-refractivity contribution is 7.59. The van der Waals surface area contributed by atoms with E-state index >= 15 is 0 Å². The van der Waals surface area contributed by atoms with Crippen LogP contribution in [-0.4, -0.2) is 56.9 Å². The molecule has 1 aliphatic rings. The van der Waals surface area contributed by atoms with Crippen molar-refractivity contribution in [3.8, 4) is 0 Å². The summed E-state index contributed by atoms with van der Waals surface area (Å²) in [6.45, 7) is 1.78. The Bertz CT molecular complexity index is 1060. The summed E-state index contributed by atoms with van der Waals surface area (Å²) < 4.78 is 12.6. The standard InChI is InChI=1S/C25H31N2O6P/c1-19-10-9-17-27(19,25(30)31)23(28)18-34(32,33)22(16-8-13-20-11-4-2-5-12-20)26-24(29)21-14-6-3-7-15-21/h2-7,11-12,14-15,19,22H,8-10,13,16-18H2,1H3,(H2-,26,29,30,31,32,33)/p+1/t19-,22?,27?/m1/s1. The highest BCUT2D eigenvalue weighted by atomic mass is 31.2. The van der Waals surface area contributed by atoms with E-state index in [1.54, 1.807) is 37.3 Å². The normalized spacial score (nSPS) is 22.5. The van der Waals surface area contributed by atoms with Gasteiger partial charge in [0.2, 0.25) is 7.37 Å². The van der Waals surface area contributed by atoms with Gasteiger partial charge < -0.3 is 15.3 Å². The second kappa shape index (κ2) is 11.1. The van der Waals surface area contributed by atoms with Crippen molar-refractivity contribution >= 4 is 25.3 Å². The molecule has 0 aromatic heterocycles. The largest absolute Gasteiger partial charge is 0.521 e. The molecule has 2 aromatic rings. The quantitative estimate of drug-likeness (QED) is 0.359. The van der Waals surface area contributed by atoms with Crippen LogP contribution in [0.3, 0.4) is 0 Å². The van der Waals surface area contributed by atoms with Gasteiger partial charge in [-0.3, -0.25) is 9.36 Å². The molecule has 9 heteroatoms. The van der Waals surface area contributed by atoms with Gasteiger partial charge in [0.1, 0.15) is 18.0 Å². The summed E-state index contributed by atoms with van der Waals surface area (Å²) in [6, 6.07) is 17.5. The van der Waals surface area contributed by atoms with Crippen molar-refractivity contribution in [3.63, 3.8) is 0 Å². The fourth-order valence-corrected chi connectivity index (χ4v) is 6.38. The van der Waals surface area contributed by atoms with Crippen molar-refractivity contribution in [2.75, 3.05) is 12.7 Å². The third kappa shape index (κ3) is 5.81. The van der Waals surface area contributed by atoms with Gasteiger partial charge in [-0.15, -0.1) is 0 Å². The molecule has 3 N–H and O–H groups in total. The van der Waals surface area contributed by atoms with Crippen LogP contribution in [0.4, 0.5) is 4.79 Å². The van der Waals surface area contributed by atoms with Crippen LogP contribution in [0.5, 0.6) is 0 Å². The summed E-state index contributed by atoms with van der Waals surface area (Å²) in [5, 5.41) is 12.5. The molecule has 182 valence electrons. The fraction of sp³-hybridized carbons (Fsp3) is 0.400. The molecule has 3 unspecified atom stereocenters. The van der Waals surface area contributed by atoms with Gasteiger partial charge in [0.05, 0.1) is 6.54 Å². The number of carbonyl (C=O) groups is 3. The van der Waals surface area contributed by atoms with Crippen LogP contribution in [0.15, 0.2) is 60.7 Å². The van der Waals surface area contributed by atoms with Gasteiger partial charge in [0.15, 0.2) is 0 Å². The minimum atomic E-state index is -4.28. The zero-order valence-electron chi connectivity index (χ0n) is 19.3. The molecule has 3 amide bonds. The number of hydrogen-bond donors (Lipinski definition) is 3. The van der Waals surface area contributed by atoms with E-state index in [0.717, 1.165) is 5.56 Å². The summed E-state index contributed by atoms with van der Waals surface area (Å²) in [7, 11) is -4.28. The van der Waals surface area contributed by atoms with Gasteiger partial charge in [-0.1, -0.05) is 48.5 Å². The number of rotatable bonds is 9. The number of nitrogens with one attached hydrogen (secondary N) is 1. The van der Waals surface area contributed by atoms with Crippen LogP contribution in [0.2, 0.25) is 0 Å². The number of amides is 3. The molecule has 1 saturated heterocycles. The van der Waals surface area contributed by atoms with Gasteiger partial charge in [-0.2, -0.15) is 9.28 Å². The van der Waals surface area contributed by atoms with Gasteiger partial charge in [-0.05, 0) is 43.9 Å². The van der Waals surface area contributed by atoms with Crippen LogP contribution in [-0.2, 0) is 15.8 Å². The molecular weight excluding hydrogens is 455 g/mol. The molecule has 2 aromatic carbocycles. The van der Waals surface area contributed by atoms with E-state index < -0.39 is 47.7 Å². The molecule has 0 saturated carbocycles. The number of carbonyl (C=O) groups excluding carboxylic acids is 2. The fourth-order valence-electron chi connectivity index (χ4n) is 4.61. The molecule has 4 atom stereocenters. The predicted molar refractivity (Wildman–Crippen MR) is 129 cm³/mol. The molecule has 0 spiro atoms. The first-order valence-electron chi connectivity index (χ1n) is 11.5. The van der Waals surface area contributed by atoms with Gasteiger partial charge >= 0.3 is 12.0 Å². The Balaban J connectivity index is 1.79. The van der Waals surface area contributed by atoms with Gasteiger partial charge in [-0.25, -0.2) is 4.79 Å². The summed E-state index contributed by atoms with van der Waals surface area (Å²) >= 11 is 0. The highest BCUT2D eigenvalue weighted by Gasteiger charge is 2.55. The number of hydrogen-bond acceptors (Lipinski definition) is 4. The second-order valence-corrected chi connectivity index (χ2v) is 11.4. The lowest BCUT2D eigenvalue weighted by Gasteiger charge is -2.31. The smallest absolute Gasteiger partial charge is 0.435 e. The number of carboxylic acid groups (broad SMARTS) is 1. The molecule has 0 radical (unpaired) electrons. The summed E-state index contributed by atoms with van der Waals surface area (Å²) in [5.41, 5.74) is 1.39. The highest BCUT2D eigenvalue weighted by Crippen LogP contribution is 2.48. The monoisotopic (exact) mass is 487 g/mol. The Kier molecular flexibility index (Phi) is 8.42. The SMILES string of the molecule is C[C@@H]1CCC[N+]1(C(=O)O)C(=O)CP(=O)(O)C(CCCc1ccccc1)NC(=O)c1ccccc1. The van der Waals surface area contributed by atoms with E-state index in [4.69, 9.17) is 0 Å². The van der Waals surface area contributed by atoms with E-state index in [2.05, 4.69) is 5.32 Å². The van der Waals surface area contributed by atoms with E-state index in [1.165, 1.54) is 0 Å². The van der Waals surface area contributed by atoms with Crippen LogP contribution >= 0.6 is 7.37 Å². The molecule has 0 bridgehead atoms. The Morgan fingerprint density at radius 2 is 1.71 bits per heavy atom. The maximum atomic E-state index is 13.5. The lowest BCUT2D eigenvalue weighted by molar-refractivity contribution is -0.791. The van der Waals surface area contributed by atoms with Crippen molar-refractivity contribution in [1.29, 1.82) is 0 Å². The van der Waals surface area contributed by atoms with Crippen molar-refractivity contribution in [2.24, 2.45) is 0 Å². The van der Waals surface area contributed by atoms with Crippen molar-refractivity contribution in [3.05, 3.63) is 71.8 Å². The van der Waals surface area contributed by atoms with Crippen LogP contribution in [0.1, 0.15) is 48.5 Å². The van der Waals surface area contributed by atoms with E-state index in [0.29, 0.717) is 31.2 Å². The first-order valence-corrected chi connectivity index (χ1v) is 13.4. The summed E-state index contributed by atoms with van der Waals surface area (Å²) in [4.78, 5) is 48.9. The maximum Gasteiger partial charge on any atom is 0.521 e. The number of quaternary nitrogens is 1. The Morgan fingerprint density at radius 1 is 1.09 bits per heavy atom. The molecular formula is C25H32N2O6P+. The summed E-state index contributed by atoms with van der Waals surface area (Å²) in [5.74, 6) is -2.46. The molecule has 34 heavy (non-hydrogen) atoms. The van der Waals surface area contributed by atoms with Crippen molar-refractivity contribution < 1.29 is 33.4 Å². The average molecular weight is 488 g/mol. The Labute approximate surface area is 199 Å². The second-order valence-electron chi connectivity index (χ2n) is 8.91. The Morgan fingerprint density at radius 3 is 2.26 bits per heavy atom. The molecule has 1 aliphatic heterocycles. The van der Waals surface area contributed by atoms with Crippen molar-refractivity contribution in [1.82, 2.24) is 5.32 Å². The number of aryl methyl sites for hydroxylation is 1. The topological polar surface area (TPSA) is 121 Å². The number of likely N-dealkylation sites (tertiary alicyclic amines) is 1. The van der Waals surface area contributed by atoms with E-state index in [-0.39, 0.29) is 13.0 Å². The van der Waals surface area contributed by atoms with E-state index in [1.807, 2.05) is 30.3 Å². The Hall–Kier alpha value is -2.80. The number of benzene rings is 2. The molecule has 1 heterocycles. The molecule has 1 fully saturated rings. The van der Waals surface area contributed by atoms with Gasteiger partial charge in [0, 0.05) is 18.4 Å². The third-order valence-corrected chi connectivity index (χ3v) is 8.72. The van der Waals surface area contributed by atoms with Crippen LogP contribution in [0, 0.1) is 0 Å². The molecule has 3 rings (SSSR count). The predicted octanol–water partition coefficient (Wildman–Crippen LogP) is 4.24. The minimum absolute atomic E-state index is 0.102. The van der Waals surface area contributed by atoms with E-state index in [9.17, 15) is 28.9 Å². The first kappa shape index (κ1) is 25.8. The van der Waals surface area contributed by atoms with Gasteiger partial charge in [0.25, 0.3) is 5.91 Å². The zero-order valence-corrected chi connectivity index (χ0v) is 20.2.